The van der Waals surface area contributed by atoms with Crippen LogP contribution >= 0.6 is 0 Å². The van der Waals surface area contributed by atoms with Crippen molar-refractivity contribution in [1.29, 1.82) is 5.26 Å². The van der Waals surface area contributed by atoms with Crippen molar-refractivity contribution >= 4 is 28.7 Å². The average Bonchev–Trinajstić information content (AvgIpc) is 3.11. The van der Waals surface area contributed by atoms with E-state index in [1.165, 1.54) is 13.0 Å². The quantitative estimate of drug-likeness (QED) is 0.300. The van der Waals surface area contributed by atoms with Crippen LogP contribution in [0.1, 0.15) is 23.9 Å². The van der Waals surface area contributed by atoms with Gasteiger partial charge in [-0.1, -0.05) is 42.0 Å². The van der Waals surface area contributed by atoms with E-state index in [0.717, 1.165) is 16.6 Å². The molecular formula is C22H19N3O3. The second-order valence-corrected chi connectivity index (χ2v) is 6.30. The summed E-state index contributed by atoms with van der Waals surface area (Å²) >= 11 is 0. The van der Waals surface area contributed by atoms with Crippen LogP contribution in [-0.2, 0) is 9.53 Å². The maximum Gasteiger partial charge on any atom is 0.331 e. The minimum atomic E-state index is -1.00. The molecule has 0 aliphatic rings. The van der Waals surface area contributed by atoms with Gasteiger partial charge >= 0.3 is 5.97 Å². The lowest BCUT2D eigenvalue weighted by Gasteiger charge is -2.12. The van der Waals surface area contributed by atoms with E-state index in [-0.39, 0.29) is 17.2 Å². The van der Waals surface area contributed by atoms with Gasteiger partial charge in [0.25, 0.3) is 0 Å². The third-order valence-electron chi connectivity index (χ3n) is 4.16. The molecule has 2 aromatic carbocycles. The van der Waals surface area contributed by atoms with Crippen molar-refractivity contribution in [1.82, 2.24) is 9.97 Å². The third-order valence-corrected chi connectivity index (χ3v) is 4.16. The largest absolute Gasteiger partial charge is 0.507 e. The van der Waals surface area contributed by atoms with E-state index in [9.17, 15) is 15.2 Å². The average molecular weight is 373 g/mol. The molecule has 1 aromatic heterocycles. The Morgan fingerprint density at radius 2 is 1.96 bits per heavy atom. The number of carbonyl (C=O) groups excluding carboxylic acids is 1. The molecular weight excluding hydrogens is 354 g/mol. The van der Waals surface area contributed by atoms with Gasteiger partial charge < -0.3 is 14.8 Å². The lowest BCUT2D eigenvalue weighted by atomic mass is 10.1. The molecule has 3 aromatic rings. The number of benzene rings is 2. The fourth-order valence-electron chi connectivity index (χ4n) is 2.62. The summed E-state index contributed by atoms with van der Waals surface area (Å²) in [5.74, 6) is -0.764. The van der Waals surface area contributed by atoms with Crippen LogP contribution in [0, 0.1) is 18.3 Å². The summed E-state index contributed by atoms with van der Waals surface area (Å²) in [5.41, 5.74) is 3.32. The fraction of sp³-hybridized carbons (Fsp3) is 0.136. The molecule has 0 saturated heterocycles. The number of hydrogen-bond acceptors (Lipinski definition) is 5. The number of esters is 1. The molecule has 0 spiro atoms. The fourth-order valence-corrected chi connectivity index (χ4v) is 2.62. The third kappa shape index (κ3) is 4.27. The van der Waals surface area contributed by atoms with Crippen molar-refractivity contribution < 1.29 is 14.6 Å². The molecule has 1 heterocycles. The van der Waals surface area contributed by atoms with E-state index in [1.54, 1.807) is 12.1 Å². The molecule has 0 radical (unpaired) electrons. The first-order valence-electron chi connectivity index (χ1n) is 8.71. The van der Waals surface area contributed by atoms with Gasteiger partial charge in [0.15, 0.2) is 17.7 Å². The number of aliphatic hydroxyl groups is 1. The topological polar surface area (TPSA) is 99.0 Å². The zero-order valence-corrected chi connectivity index (χ0v) is 15.5. The van der Waals surface area contributed by atoms with Crippen molar-refractivity contribution in [3.63, 3.8) is 0 Å². The number of nitriles is 1. The van der Waals surface area contributed by atoms with E-state index >= 15 is 0 Å². The number of para-hydroxylation sites is 2. The molecule has 0 aliphatic carbocycles. The maximum atomic E-state index is 12.0. The van der Waals surface area contributed by atoms with Gasteiger partial charge in [-0.25, -0.2) is 9.78 Å². The Kier molecular flexibility index (Phi) is 5.56. The highest BCUT2D eigenvalue weighted by Crippen LogP contribution is 2.21. The number of aryl methyl sites for hydroxylation is 1. The number of nitrogens with zero attached hydrogens (tertiary/aromatic N) is 2. The molecule has 140 valence electrons. The number of H-pyrrole nitrogens is 1. The molecule has 1 atom stereocenters. The summed E-state index contributed by atoms with van der Waals surface area (Å²) in [7, 11) is 0. The van der Waals surface area contributed by atoms with Crippen LogP contribution in [0.4, 0.5) is 0 Å². The number of nitrogens with one attached hydrogen (secondary N) is 1. The number of ether oxygens (including phenoxy) is 1. The van der Waals surface area contributed by atoms with E-state index in [2.05, 4.69) is 9.97 Å². The normalized spacial score (nSPS) is 13.2. The predicted molar refractivity (Wildman–Crippen MR) is 107 cm³/mol. The van der Waals surface area contributed by atoms with Gasteiger partial charge in [-0.2, -0.15) is 5.26 Å². The van der Waals surface area contributed by atoms with Crippen molar-refractivity contribution in [2.45, 2.75) is 20.0 Å². The Bertz CT molecular complexity index is 1070. The number of allylic oxidation sites excluding steroid dienone is 1. The number of aromatic nitrogens is 2. The van der Waals surface area contributed by atoms with Gasteiger partial charge in [-0.05, 0) is 37.6 Å². The SMILES string of the molecule is Cc1ccc(/C=C/C(=O)O[C@H](C)/C(O)=C(\C#N)c2nc3ccccc3[nH]2)cc1. The van der Waals surface area contributed by atoms with Crippen LogP contribution in [0.2, 0.25) is 0 Å². The molecule has 0 aliphatic heterocycles. The predicted octanol–water partition coefficient (Wildman–Crippen LogP) is 4.31. The van der Waals surface area contributed by atoms with Crippen LogP contribution in [0.25, 0.3) is 22.7 Å². The van der Waals surface area contributed by atoms with E-state index < -0.39 is 12.1 Å². The second-order valence-electron chi connectivity index (χ2n) is 6.30. The standard InChI is InChI=1S/C22H19N3O3/c1-14-7-9-16(10-8-14)11-12-20(26)28-15(2)21(27)17(13-23)22-24-18-5-3-4-6-19(18)25-22/h3-12,15,27H,1-2H3,(H,24,25)/b12-11+,21-17-/t15-/m1/s1. The second kappa shape index (κ2) is 8.23. The monoisotopic (exact) mass is 373 g/mol. The Hall–Kier alpha value is -3.85. The zero-order valence-electron chi connectivity index (χ0n) is 15.5. The molecule has 0 bridgehead atoms. The van der Waals surface area contributed by atoms with Crippen molar-refractivity contribution in [2.24, 2.45) is 0 Å². The molecule has 0 saturated carbocycles. The van der Waals surface area contributed by atoms with Crippen molar-refractivity contribution in [3.8, 4) is 6.07 Å². The minimum absolute atomic E-state index is 0.0704. The number of imidazole rings is 1. The van der Waals surface area contributed by atoms with Gasteiger partial charge in [0.2, 0.25) is 0 Å². The van der Waals surface area contributed by atoms with E-state index in [0.29, 0.717) is 5.52 Å². The summed E-state index contributed by atoms with van der Waals surface area (Å²) in [4.78, 5) is 19.3. The van der Waals surface area contributed by atoms with Crippen molar-refractivity contribution in [2.75, 3.05) is 0 Å². The lowest BCUT2D eigenvalue weighted by Crippen LogP contribution is -2.17. The van der Waals surface area contributed by atoms with Gasteiger partial charge in [-0.15, -0.1) is 0 Å². The minimum Gasteiger partial charge on any atom is -0.507 e. The first-order chi connectivity index (χ1) is 13.5. The van der Waals surface area contributed by atoms with E-state index in [1.807, 2.05) is 55.5 Å². The summed E-state index contributed by atoms with van der Waals surface area (Å²) in [6.45, 7) is 3.47. The van der Waals surface area contributed by atoms with Gasteiger partial charge in [0.05, 0.1) is 11.0 Å². The number of aromatic amines is 1. The molecule has 0 amide bonds. The molecule has 0 fully saturated rings. The van der Waals surface area contributed by atoms with Crippen LogP contribution in [0.3, 0.4) is 0 Å². The number of carbonyl (C=O) groups is 1. The van der Waals surface area contributed by atoms with Gasteiger partial charge in [-0.3, -0.25) is 0 Å². The Morgan fingerprint density at radius 3 is 2.64 bits per heavy atom. The summed E-state index contributed by atoms with van der Waals surface area (Å²) in [6.07, 6.45) is 1.90. The maximum absolute atomic E-state index is 12.0. The van der Waals surface area contributed by atoms with Crippen LogP contribution < -0.4 is 0 Å². The smallest absolute Gasteiger partial charge is 0.331 e. The lowest BCUT2D eigenvalue weighted by molar-refractivity contribution is -0.141. The summed E-state index contributed by atoms with van der Waals surface area (Å²) < 4.78 is 5.21. The Labute approximate surface area is 162 Å². The molecule has 3 rings (SSSR count). The van der Waals surface area contributed by atoms with Gasteiger partial charge in [0, 0.05) is 6.08 Å². The van der Waals surface area contributed by atoms with Gasteiger partial charge in [0.1, 0.15) is 11.6 Å². The number of fused-ring (bicyclic) bond motifs is 1. The number of aliphatic hydroxyl groups excluding tert-OH is 1. The first-order valence-corrected chi connectivity index (χ1v) is 8.71. The highest BCUT2D eigenvalue weighted by molar-refractivity contribution is 5.88. The van der Waals surface area contributed by atoms with Crippen LogP contribution in [0.5, 0.6) is 0 Å². The van der Waals surface area contributed by atoms with Crippen molar-refractivity contribution in [3.05, 3.63) is 77.3 Å². The Morgan fingerprint density at radius 1 is 1.25 bits per heavy atom. The number of hydrogen-bond donors (Lipinski definition) is 2. The highest BCUT2D eigenvalue weighted by Gasteiger charge is 2.20. The zero-order chi connectivity index (χ0) is 20.1. The van der Waals surface area contributed by atoms with Crippen LogP contribution in [0.15, 0.2) is 60.4 Å². The summed E-state index contributed by atoms with van der Waals surface area (Å²) in [5, 5.41) is 19.9. The highest BCUT2D eigenvalue weighted by atomic mass is 16.5. The Balaban J connectivity index is 1.75. The molecule has 6 nitrogen and oxygen atoms in total. The summed E-state index contributed by atoms with van der Waals surface area (Å²) in [6, 6.07) is 16.8. The van der Waals surface area contributed by atoms with E-state index in [4.69, 9.17) is 4.74 Å². The van der Waals surface area contributed by atoms with Crippen LogP contribution in [-0.4, -0.2) is 27.1 Å². The first kappa shape index (κ1) is 18.9. The molecule has 28 heavy (non-hydrogen) atoms. The number of rotatable bonds is 5. The molecule has 0 unspecified atom stereocenters. The molecule has 2 N–H and O–H groups in total. The molecule has 6 heteroatoms.